The number of phenolic OH excluding ortho intramolecular Hbond substituents is 1. The van der Waals surface area contributed by atoms with E-state index in [1.807, 2.05) is 12.1 Å². The molecule has 0 radical (unpaired) electrons. The van der Waals surface area contributed by atoms with Crippen molar-refractivity contribution in [2.75, 3.05) is 6.54 Å². The van der Waals surface area contributed by atoms with E-state index in [0.717, 1.165) is 18.5 Å². The molecule has 0 amide bonds. The fraction of sp³-hybridized carbons (Fsp3) is 0.600. The molecule has 1 heterocycles. The van der Waals surface area contributed by atoms with Gasteiger partial charge in [0.2, 0.25) is 0 Å². The Balaban J connectivity index is 1.69. The van der Waals surface area contributed by atoms with Crippen LogP contribution in [0.4, 0.5) is 0 Å². The minimum Gasteiger partial charge on any atom is -0.508 e. The van der Waals surface area contributed by atoms with Gasteiger partial charge in [-0.3, -0.25) is 4.90 Å². The van der Waals surface area contributed by atoms with E-state index < -0.39 is 0 Å². The van der Waals surface area contributed by atoms with Crippen molar-refractivity contribution in [1.29, 1.82) is 0 Å². The van der Waals surface area contributed by atoms with E-state index in [4.69, 9.17) is 0 Å². The van der Waals surface area contributed by atoms with E-state index in [0.29, 0.717) is 5.75 Å². The summed E-state index contributed by atoms with van der Waals surface area (Å²) in [5.41, 5.74) is 1.33. The molecule has 92 valence electrons. The molecule has 1 saturated carbocycles. The highest BCUT2D eigenvalue weighted by Gasteiger charge is 2.34. The second kappa shape index (κ2) is 4.69. The van der Waals surface area contributed by atoms with Gasteiger partial charge >= 0.3 is 0 Å². The summed E-state index contributed by atoms with van der Waals surface area (Å²) in [6.45, 7) is 2.31. The van der Waals surface area contributed by atoms with E-state index >= 15 is 0 Å². The Morgan fingerprint density at radius 1 is 1.06 bits per heavy atom. The minimum absolute atomic E-state index is 0.367. The molecule has 0 bridgehead atoms. The van der Waals surface area contributed by atoms with Crippen LogP contribution in [0.3, 0.4) is 0 Å². The summed E-state index contributed by atoms with van der Waals surface area (Å²) in [5.74, 6) is 1.33. The number of hydrogen-bond acceptors (Lipinski definition) is 2. The van der Waals surface area contributed by atoms with Crippen LogP contribution in [0.5, 0.6) is 5.75 Å². The number of benzene rings is 1. The maximum atomic E-state index is 9.30. The molecule has 1 N–H and O–H groups in total. The molecule has 2 nitrogen and oxygen atoms in total. The highest BCUT2D eigenvalue weighted by atomic mass is 16.3. The van der Waals surface area contributed by atoms with Crippen LogP contribution in [-0.4, -0.2) is 22.6 Å². The lowest BCUT2D eigenvalue weighted by Crippen LogP contribution is -2.41. The molecule has 0 aromatic heterocycles. The van der Waals surface area contributed by atoms with Gasteiger partial charge in [-0.1, -0.05) is 18.6 Å². The molecule has 1 aromatic rings. The van der Waals surface area contributed by atoms with Crippen LogP contribution in [0.25, 0.3) is 0 Å². The summed E-state index contributed by atoms with van der Waals surface area (Å²) in [4.78, 5) is 2.66. The van der Waals surface area contributed by atoms with Crippen molar-refractivity contribution in [2.24, 2.45) is 5.92 Å². The van der Waals surface area contributed by atoms with Crippen LogP contribution in [0.15, 0.2) is 24.3 Å². The van der Waals surface area contributed by atoms with Crippen molar-refractivity contribution in [3.05, 3.63) is 29.8 Å². The topological polar surface area (TPSA) is 23.5 Å². The van der Waals surface area contributed by atoms with Gasteiger partial charge in [-0.25, -0.2) is 0 Å². The van der Waals surface area contributed by atoms with Gasteiger partial charge < -0.3 is 5.11 Å². The van der Waals surface area contributed by atoms with E-state index in [1.165, 1.54) is 44.2 Å². The molecule has 1 aliphatic heterocycles. The van der Waals surface area contributed by atoms with Crippen LogP contribution in [-0.2, 0) is 6.54 Å². The van der Waals surface area contributed by atoms with Crippen molar-refractivity contribution in [3.63, 3.8) is 0 Å². The molecular weight excluding hydrogens is 210 g/mol. The van der Waals surface area contributed by atoms with E-state index in [-0.39, 0.29) is 0 Å². The Morgan fingerprint density at radius 2 is 1.82 bits per heavy atom. The third-order valence-electron chi connectivity index (χ3n) is 4.43. The van der Waals surface area contributed by atoms with Crippen molar-refractivity contribution in [3.8, 4) is 5.75 Å². The summed E-state index contributed by atoms with van der Waals surface area (Å²) in [6.07, 6.45) is 7.05. The molecule has 17 heavy (non-hydrogen) atoms. The quantitative estimate of drug-likeness (QED) is 0.845. The van der Waals surface area contributed by atoms with E-state index in [1.54, 1.807) is 12.1 Å². The van der Waals surface area contributed by atoms with Gasteiger partial charge in [0.05, 0.1) is 0 Å². The zero-order chi connectivity index (χ0) is 11.7. The van der Waals surface area contributed by atoms with Crippen LogP contribution < -0.4 is 0 Å². The number of nitrogens with zero attached hydrogens (tertiary/aromatic N) is 1. The van der Waals surface area contributed by atoms with Crippen molar-refractivity contribution >= 4 is 0 Å². The van der Waals surface area contributed by atoms with Gasteiger partial charge in [0.1, 0.15) is 5.75 Å². The Morgan fingerprint density at radius 3 is 2.65 bits per heavy atom. The molecule has 3 rings (SSSR count). The molecule has 2 unspecified atom stereocenters. The summed E-state index contributed by atoms with van der Waals surface area (Å²) in [6, 6.07) is 8.52. The van der Waals surface area contributed by atoms with Crippen molar-refractivity contribution in [1.82, 2.24) is 4.90 Å². The lowest BCUT2D eigenvalue weighted by atomic mass is 9.91. The zero-order valence-corrected chi connectivity index (χ0v) is 10.3. The van der Waals surface area contributed by atoms with Gasteiger partial charge in [0, 0.05) is 12.6 Å². The summed E-state index contributed by atoms with van der Waals surface area (Å²) < 4.78 is 0. The summed E-state index contributed by atoms with van der Waals surface area (Å²) in [7, 11) is 0. The maximum Gasteiger partial charge on any atom is 0.115 e. The van der Waals surface area contributed by atoms with E-state index in [9.17, 15) is 5.11 Å². The molecule has 2 atom stereocenters. The Labute approximate surface area is 103 Å². The summed E-state index contributed by atoms with van der Waals surface area (Å²) >= 11 is 0. The van der Waals surface area contributed by atoms with Gasteiger partial charge in [-0.15, -0.1) is 0 Å². The highest BCUT2D eigenvalue weighted by Crippen LogP contribution is 2.37. The largest absolute Gasteiger partial charge is 0.508 e. The standard InChI is InChI=1S/C15H21NO/c17-14-8-6-12(7-9-14)11-16-10-2-4-13-3-1-5-15(13)16/h6-9,13,15,17H,1-5,10-11H2. The normalized spacial score (nSPS) is 29.2. The third kappa shape index (κ3) is 2.32. The lowest BCUT2D eigenvalue weighted by molar-refractivity contribution is 0.106. The molecule has 2 heteroatoms. The number of piperidine rings is 1. The van der Waals surface area contributed by atoms with Crippen LogP contribution in [0.2, 0.25) is 0 Å². The van der Waals surface area contributed by atoms with Crippen LogP contribution >= 0.6 is 0 Å². The highest BCUT2D eigenvalue weighted by molar-refractivity contribution is 5.25. The SMILES string of the molecule is Oc1ccc(CN2CCCC3CCCC32)cc1. The monoisotopic (exact) mass is 231 g/mol. The first kappa shape index (κ1) is 11.1. The molecule has 2 fully saturated rings. The second-order valence-corrected chi connectivity index (χ2v) is 5.54. The first-order chi connectivity index (χ1) is 8.33. The lowest BCUT2D eigenvalue weighted by Gasteiger charge is -2.37. The number of fused-ring (bicyclic) bond motifs is 1. The van der Waals surface area contributed by atoms with Gasteiger partial charge in [-0.2, -0.15) is 0 Å². The molecule has 1 aromatic carbocycles. The molecule has 1 saturated heterocycles. The molecule has 2 aliphatic rings. The maximum absolute atomic E-state index is 9.30. The first-order valence-corrected chi connectivity index (χ1v) is 6.85. The number of likely N-dealkylation sites (tertiary alicyclic amines) is 1. The minimum atomic E-state index is 0.367. The number of rotatable bonds is 2. The van der Waals surface area contributed by atoms with Gasteiger partial charge in [0.25, 0.3) is 0 Å². The number of phenols is 1. The fourth-order valence-corrected chi connectivity index (χ4v) is 3.59. The Bertz CT molecular complexity index is 373. The Hall–Kier alpha value is -1.02. The van der Waals surface area contributed by atoms with Gasteiger partial charge in [-0.05, 0) is 55.8 Å². The predicted molar refractivity (Wildman–Crippen MR) is 68.9 cm³/mol. The third-order valence-corrected chi connectivity index (χ3v) is 4.43. The van der Waals surface area contributed by atoms with Crippen LogP contribution in [0, 0.1) is 5.92 Å². The second-order valence-electron chi connectivity index (χ2n) is 5.54. The molecular formula is C15H21NO. The Kier molecular flexibility index (Phi) is 3.06. The van der Waals surface area contributed by atoms with Crippen LogP contribution in [0.1, 0.15) is 37.7 Å². The number of hydrogen-bond donors (Lipinski definition) is 1. The molecule has 1 aliphatic carbocycles. The fourth-order valence-electron chi connectivity index (χ4n) is 3.59. The smallest absolute Gasteiger partial charge is 0.115 e. The van der Waals surface area contributed by atoms with Crippen molar-refractivity contribution in [2.45, 2.75) is 44.7 Å². The van der Waals surface area contributed by atoms with Crippen molar-refractivity contribution < 1.29 is 5.11 Å². The zero-order valence-electron chi connectivity index (χ0n) is 10.3. The average molecular weight is 231 g/mol. The molecule has 0 spiro atoms. The summed E-state index contributed by atoms with van der Waals surface area (Å²) in [5, 5.41) is 9.30. The number of aromatic hydroxyl groups is 1. The average Bonchev–Trinajstić information content (AvgIpc) is 2.81. The predicted octanol–water partition coefficient (Wildman–Crippen LogP) is 3.16. The van der Waals surface area contributed by atoms with E-state index in [2.05, 4.69) is 4.90 Å². The van der Waals surface area contributed by atoms with Gasteiger partial charge in [0.15, 0.2) is 0 Å². The first-order valence-electron chi connectivity index (χ1n) is 6.85.